The number of carbonyl (C=O) groups excluding carboxylic acids is 3. The molecule has 5 rings (SSSR count). The zero-order chi connectivity index (χ0) is 34.5. The summed E-state index contributed by atoms with van der Waals surface area (Å²) in [5.41, 5.74) is -0.261. The summed E-state index contributed by atoms with van der Waals surface area (Å²) in [5.74, 6) is -3.12. The SMILES string of the molecule is CCCCCC1(CCCCC)O[C@@H]2[C@H](O1)[C@H]1ON(Cc3cccc(C=CC(=O)OCC(F)(F)F)c3)[C@H]3C(=O)O[C@@H]2C[C@@]13C(=O)NCCO. The zero-order valence-electron chi connectivity index (χ0n) is 27.3. The monoisotopic (exact) mass is 682 g/mol. The number of alkyl halides is 3. The number of unbranched alkanes of at least 4 members (excludes halogenated alkanes) is 4. The molecule has 14 heteroatoms. The smallest absolute Gasteiger partial charge is 0.422 e. The highest BCUT2D eigenvalue weighted by molar-refractivity contribution is 5.93. The van der Waals surface area contributed by atoms with Gasteiger partial charge in [0.15, 0.2) is 18.4 Å². The van der Waals surface area contributed by atoms with Gasteiger partial charge in [-0.05, 0) is 30.0 Å². The van der Waals surface area contributed by atoms with Crippen molar-refractivity contribution in [3.63, 3.8) is 0 Å². The van der Waals surface area contributed by atoms with E-state index in [0.717, 1.165) is 44.6 Å². The quantitative estimate of drug-likeness (QED) is 0.147. The lowest BCUT2D eigenvalue weighted by molar-refractivity contribution is -0.224. The summed E-state index contributed by atoms with van der Waals surface area (Å²) in [5, 5.41) is 13.7. The van der Waals surface area contributed by atoms with Crippen LogP contribution in [0.1, 0.15) is 82.8 Å². The van der Waals surface area contributed by atoms with Crippen LogP contribution in [-0.2, 0) is 44.7 Å². The normalized spacial score (nSPS) is 29.1. The van der Waals surface area contributed by atoms with E-state index in [-0.39, 0.29) is 26.1 Å². The van der Waals surface area contributed by atoms with Crippen LogP contribution in [0, 0.1) is 5.41 Å². The van der Waals surface area contributed by atoms with E-state index in [2.05, 4.69) is 23.9 Å². The lowest BCUT2D eigenvalue weighted by atomic mass is 9.62. The Labute approximate surface area is 278 Å². The second kappa shape index (κ2) is 15.2. The number of nitrogens with zero attached hydrogens (tertiary/aromatic N) is 1. The maximum Gasteiger partial charge on any atom is 0.422 e. The Morgan fingerprint density at radius 1 is 1.10 bits per heavy atom. The number of hydroxylamine groups is 2. The molecular formula is C34H45F3N2O9. The van der Waals surface area contributed by atoms with Crippen molar-refractivity contribution < 1.29 is 56.4 Å². The van der Waals surface area contributed by atoms with Gasteiger partial charge >= 0.3 is 18.1 Å². The lowest BCUT2D eigenvalue weighted by Crippen LogP contribution is -2.69. The molecule has 3 heterocycles. The van der Waals surface area contributed by atoms with Gasteiger partial charge in [-0.1, -0.05) is 63.8 Å². The van der Waals surface area contributed by atoms with Crippen molar-refractivity contribution in [3.05, 3.63) is 41.5 Å². The van der Waals surface area contributed by atoms with Gasteiger partial charge in [0.2, 0.25) is 5.91 Å². The van der Waals surface area contributed by atoms with Crippen molar-refractivity contribution in [2.75, 3.05) is 19.8 Å². The minimum Gasteiger partial charge on any atom is -0.458 e. The number of carbonyl (C=O) groups is 3. The average molecular weight is 683 g/mol. The van der Waals surface area contributed by atoms with Gasteiger partial charge in [0.25, 0.3) is 0 Å². The van der Waals surface area contributed by atoms with E-state index < -0.39 is 72.3 Å². The molecular weight excluding hydrogens is 637 g/mol. The Hall–Kier alpha value is -3.04. The van der Waals surface area contributed by atoms with Crippen LogP contribution in [0.2, 0.25) is 0 Å². The fraction of sp³-hybridized carbons (Fsp3) is 0.676. The van der Waals surface area contributed by atoms with Gasteiger partial charge in [0.1, 0.15) is 29.8 Å². The van der Waals surface area contributed by atoms with Gasteiger partial charge in [-0.2, -0.15) is 18.2 Å². The van der Waals surface area contributed by atoms with Crippen LogP contribution >= 0.6 is 0 Å². The molecule has 1 aliphatic carbocycles. The van der Waals surface area contributed by atoms with Crippen molar-refractivity contribution in [1.82, 2.24) is 10.4 Å². The molecule has 0 aromatic heterocycles. The van der Waals surface area contributed by atoms with E-state index in [4.69, 9.17) is 19.0 Å². The van der Waals surface area contributed by atoms with Gasteiger partial charge in [-0.25, -0.2) is 4.79 Å². The van der Waals surface area contributed by atoms with E-state index in [1.807, 2.05) is 0 Å². The van der Waals surface area contributed by atoms with Gasteiger partial charge in [0.05, 0.1) is 13.2 Å². The highest BCUT2D eigenvalue weighted by Crippen LogP contribution is 2.58. The number of nitrogens with one attached hydrogen (secondary N) is 1. The first-order chi connectivity index (χ1) is 22.9. The third-order valence-corrected chi connectivity index (χ3v) is 9.47. The van der Waals surface area contributed by atoms with Gasteiger partial charge in [0, 0.05) is 31.9 Å². The Morgan fingerprint density at radius 2 is 1.81 bits per heavy atom. The summed E-state index contributed by atoms with van der Waals surface area (Å²) < 4.78 is 60.9. The van der Waals surface area contributed by atoms with E-state index in [1.54, 1.807) is 24.3 Å². The molecule has 0 unspecified atom stereocenters. The number of benzene rings is 1. The first-order valence-corrected chi connectivity index (χ1v) is 16.8. The number of aliphatic hydroxyl groups is 1. The molecule has 0 spiro atoms. The predicted molar refractivity (Wildman–Crippen MR) is 164 cm³/mol. The molecule has 2 N–H and O–H groups in total. The van der Waals surface area contributed by atoms with Crippen LogP contribution in [0.4, 0.5) is 13.2 Å². The second-order valence-electron chi connectivity index (χ2n) is 13.0. The summed E-state index contributed by atoms with van der Waals surface area (Å²) in [6.45, 7) is 2.29. The molecule has 1 aromatic carbocycles. The Morgan fingerprint density at radius 3 is 2.48 bits per heavy atom. The number of aliphatic hydroxyl groups excluding tert-OH is 1. The largest absolute Gasteiger partial charge is 0.458 e. The highest BCUT2D eigenvalue weighted by atomic mass is 19.4. The molecule has 11 nitrogen and oxygen atoms in total. The van der Waals surface area contributed by atoms with Gasteiger partial charge < -0.3 is 29.4 Å². The first-order valence-electron chi connectivity index (χ1n) is 16.8. The minimum absolute atomic E-state index is 0.0110. The summed E-state index contributed by atoms with van der Waals surface area (Å²) >= 11 is 0. The van der Waals surface area contributed by atoms with E-state index in [9.17, 15) is 32.7 Å². The molecule has 3 aliphatic heterocycles. The van der Waals surface area contributed by atoms with Crippen LogP contribution in [-0.4, -0.2) is 90.2 Å². The van der Waals surface area contributed by atoms with Gasteiger partial charge in [-0.15, -0.1) is 0 Å². The predicted octanol–water partition coefficient (Wildman–Crippen LogP) is 4.35. The third kappa shape index (κ3) is 7.72. The van der Waals surface area contributed by atoms with Crippen molar-refractivity contribution in [2.24, 2.45) is 5.41 Å². The van der Waals surface area contributed by atoms with E-state index in [0.29, 0.717) is 24.0 Å². The van der Waals surface area contributed by atoms with Gasteiger partial charge in [-0.3, -0.25) is 14.4 Å². The van der Waals surface area contributed by atoms with Crippen molar-refractivity contribution in [1.29, 1.82) is 0 Å². The van der Waals surface area contributed by atoms with Crippen molar-refractivity contribution in [3.8, 4) is 0 Å². The van der Waals surface area contributed by atoms with E-state index in [1.165, 1.54) is 11.1 Å². The summed E-state index contributed by atoms with van der Waals surface area (Å²) in [4.78, 5) is 46.1. The zero-order valence-corrected chi connectivity index (χ0v) is 27.3. The third-order valence-electron chi connectivity index (χ3n) is 9.47. The van der Waals surface area contributed by atoms with Crippen molar-refractivity contribution >= 4 is 23.9 Å². The number of esters is 2. The summed E-state index contributed by atoms with van der Waals surface area (Å²) in [7, 11) is 0. The number of ether oxygens (including phenoxy) is 4. The molecule has 1 saturated carbocycles. The number of amides is 1. The maximum atomic E-state index is 14.0. The molecule has 0 radical (unpaired) electrons. The molecule has 48 heavy (non-hydrogen) atoms. The molecule has 2 bridgehead atoms. The number of hydrogen-bond donors (Lipinski definition) is 2. The molecule has 6 atom stereocenters. The number of fused-ring (bicyclic) bond motifs is 4. The highest BCUT2D eigenvalue weighted by Gasteiger charge is 2.76. The average Bonchev–Trinajstić information content (AvgIpc) is 3.60. The van der Waals surface area contributed by atoms with Crippen LogP contribution in [0.15, 0.2) is 30.3 Å². The Kier molecular flexibility index (Phi) is 11.5. The lowest BCUT2D eigenvalue weighted by Gasteiger charge is -2.48. The standard InChI is InChI=1S/C34H45F3N2O9/c1-3-5-7-14-32(15-8-6-4-2)46-26-24-19-33(31(43)38-16-17-40)28(30(42)45-24)39(48-29(33)27(26)47-32)20-23-11-9-10-22(18-23)12-13-25(41)44-21-34(35,36)37/h9-13,18,24,26-29,40H,3-8,14-17,19-21H2,1-2H3,(H,38,43)/t24-,26+,27+,28+,29-,33+/m1/s1. The van der Waals surface area contributed by atoms with Crippen LogP contribution < -0.4 is 5.32 Å². The molecule has 3 saturated heterocycles. The van der Waals surface area contributed by atoms with Crippen LogP contribution in [0.25, 0.3) is 6.08 Å². The van der Waals surface area contributed by atoms with Crippen molar-refractivity contribution in [2.45, 2.75) is 121 Å². The van der Waals surface area contributed by atoms with E-state index >= 15 is 0 Å². The molecule has 1 amide bonds. The fourth-order valence-corrected chi connectivity index (χ4v) is 7.37. The van der Waals surface area contributed by atoms with Crippen LogP contribution in [0.3, 0.4) is 0 Å². The molecule has 1 aromatic rings. The summed E-state index contributed by atoms with van der Waals surface area (Å²) in [6, 6.07) is 5.64. The maximum absolute atomic E-state index is 14.0. The fourth-order valence-electron chi connectivity index (χ4n) is 7.37. The molecule has 4 aliphatic rings. The molecule has 266 valence electrons. The Balaban J connectivity index is 1.42. The minimum atomic E-state index is -4.63. The number of rotatable bonds is 16. The van der Waals surface area contributed by atoms with Crippen LogP contribution in [0.5, 0.6) is 0 Å². The first kappa shape index (κ1) is 36.2. The Bertz CT molecular complexity index is 1330. The molecule has 4 fully saturated rings. The second-order valence-corrected chi connectivity index (χ2v) is 13.0. The number of hydrogen-bond acceptors (Lipinski definition) is 10. The summed E-state index contributed by atoms with van der Waals surface area (Å²) in [6.07, 6.45) is 1.92. The number of halogens is 3. The topological polar surface area (TPSA) is 133 Å².